The number of hydrogen-bond acceptors (Lipinski definition) is 5. The van der Waals surface area contributed by atoms with E-state index in [-0.39, 0.29) is 6.04 Å². The molecule has 1 N–H and O–H groups in total. The van der Waals surface area contributed by atoms with Crippen LogP contribution in [0.3, 0.4) is 0 Å². The first-order valence-electron chi connectivity index (χ1n) is 6.49. The molecule has 1 unspecified atom stereocenters. The molecule has 0 bridgehead atoms. The van der Waals surface area contributed by atoms with Crippen LogP contribution in [0.5, 0.6) is 0 Å². The third-order valence-corrected chi connectivity index (χ3v) is 4.99. The van der Waals surface area contributed by atoms with Crippen molar-refractivity contribution in [3.63, 3.8) is 0 Å². The molecule has 2 aromatic heterocycles. The molecule has 0 spiro atoms. The van der Waals surface area contributed by atoms with Crippen molar-refractivity contribution in [2.75, 3.05) is 5.32 Å². The smallest absolute Gasteiger partial charge is 0.153 e. The normalized spacial score (nSPS) is 12.3. The molecule has 0 aliphatic rings. The highest BCUT2D eigenvalue weighted by Crippen LogP contribution is 2.28. The Morgan fingerprint density at radius 3 is 2.86 bits per heavy atom. The lowest BCUT2D eigenvalue weighted by Gasteiger charge is -2.14. The number of thiophene rings is 1. The molecule has 108 valence electrons. The number of halogens is 1. The molecule has 7 heteroatoms. The van der Waals surface area contributed by atoms with Gasteiger partial charge in [0.2, 0.25) is 0 Å². The van der Waals surface area contributed by atoms with Crippen molar-refractivity contribution in [2.45, 2.75) is 19.9 Å². The standard InChI is InChI=1S/C14H14BrN5S/c1-9(14-6-11(15)8-21-14)16-12-4-3-5-13(7-12)20-10(2)17-18-19-20/h3-9,16H,1-2H3. The quantitative estimate of drug-likeness (QED) is 0.761. The van der Waals surface area contributed by atoms with E-state index in [1.165, 1.54) is 4.88 Å². The molecule has 1 aromatic carbocycles. The fourth-order valence-electron chi connectivity index (χ4n) is 2.07. The van der Waals surface area contributed by atoms with Gasteiger partial charge in [-0.05, 0) is 64.5 Å². The minimum absolute atomic E-state index is 0.242. The van der Waals surface area contributed by atoms with Crippen molar-refractivity contribution in [1.82, 2.24) is 20.2 Å². The fraction of sp³-hybridized carbons (Fsp3) is 0.214. The van der Waals surface area contributed by atoms with Crippen LogP contribution < -0.4 is 5.32 Å². The second-order valence-electron chi connectivity index (χ2n) is 4.72. The van der Waals surface area contributed by atoms with E-state index in [4.69, 9.17) is 0 Å². The van der Waals surface area contributed by atoms with E-state index >= 15 is 0 Å². The van der Waals surface area contributed by atoms with Crippen LogP contribution in [-0.4, -0.2) is 20.2 Å². The first-order chi connectivity index (χ1) is 10.1. The monoisotopic (exact) mass is 363 g/mol. The zero-order chi connectivity index (χ0) is 14.8. The number of nitrogens with zero attached hydrogens (tertiary/aromatic N) is 4. The van der Waals surface area contributed by atoms with Crippen LogP contribution in [0.4, 0.5) is 5.69 Å². The van der Waals surface area contributed by atoms with Crippen molar-refractivity contribution in [2.24, 2.45) is 0 Å². The highest BCUT2D eigenvalue weighted by atomic mass is 79.9. The summed E-state index contributed by atoms with van der Waals surface area (Å²) in [5, 5.41) is 17.2. The number of rotatable bonds is 4. The largest absolute Gasteiger partial charge is 0.378 e. The molecule has 0 saturated heterocycles. The molecule has 3 aromatic rings. The molecule has 0 saturated carbocycles. The summed E-state index contributed by atoms with van der Waals surface area (Å²) >= 11 is 5.22. The van der Waals surface area contributed by atoms with Crippen LogP contribution in [0.2, 0.25) is 0 Å². The zero-order valence-corrected chi connectivity index (χ0v) is 14.0. The molecular weight excluding hydrogens is 350 g/mol. The van der Waals surface area contributed by atoms with Crippen molar-refractivity contribution in [3.8, 4) is 5.69 Å². The second kappa shape index (κ2) is 5.95. The number of tetrazole rings is 1. The Balaban J connectivity index is 1.82. The van der Waals surface area contributed by atoms with Crippen molar-refractivity contribution >= 4 is 33.0 Å². The number of aryl methyl sites for hydroxylation is 1. The van der Waals surface area contributed by atoms with Gasteiger partial charge in [0.05, 0.1) is 11.7 Å². The Hall–Kier alpha value is -1.73. The van der Waals surface area contributed by atoms with Gasteiger partial charge in [-0.3, -0.25) is 0 Å². The maximum Gasteiger partial charge on any atom is 0.153 e. The van der Waals surface area contributed by atoms with Gasteiger partial charge in [0, 0.05) is 20.4 Å². The summed E-state index contributed by atoms with van der Waals surface area (Å²) in [6.45, 7) is 4.03. The van der Waals surface area contributed by atoms with Crippen molar-refractivity contribution in [3.05, 3.63) is 50.9 Å². The van der Waals surface area contributed by atoms with E-state index in [0.29, 0.717) is 0 Å². The Morgan fingerprint density at radius 1 is 1.33 bits per heavy atom. The van der Waals surface area contributed by atoms with Crippen LogP contribution in [0.25, 0.3) is 5.69 Å². The summed E-state index contributed by atoms with van der Waals surface area (Å²) < 4.78 is 2.84. The summed E-state index contributed by atoms with van der Waals surface area (Å²) in [6, 6.07) is 10.4. The molecule has 1 atom stereocenters. The van der Waals surface area contributed by atoms with Gasteiger partial charge in [0.15, 0.2) is 5.82 Å². The summed E-state index contributed by atoms with van der Waals surface area (Å²) in [5.41, 5.74) is 1.99. The molecule has 0 amide bonds. The Labute approximate surface area is 135 Å². The zero-order valence-electron chi connectivity index (χ0n) is 11.6. The predicted octanol–water partition coefficient (Wildman–Crippen LogP) is 3.97. The third kappa shape index (κ3) is 3.14. The van der Waals surface area contributed by atoms with Gasteiger partial charge < -0.3 is 5.32 Å². The van der Waals surface area contributed by atoms with Crippen molar-refractivity contribution < 1.29 is 0 Å². The van der Waals surface area contributed by atoms with Crippen LogP contribution in [0.1, 0.15) is 23.7 Å². The molecule has 5 nitrogen and oxygen atoms in total. The number of hydrogen-bond donors (Lipinski definition) is 1. The Kier molecular flexibility index (Phi) is 4.03. The lowest BCUT2D eigenvalue weighted by atomic mass is 10.2. The SMILES string of the molecule is Cc1nnnn1-c1cccc(NC(C)c2cc(Br)cs2)c1. The number of nitrogens with one attached hydrogen (secondary N) is 1. The van der Waals surface area contributed by atoms with E-state index in [9.17, 15) is 0 Å². The van der Waals surface area contributed by atoms with Gasteiger partial charge in [-0.15, -0.1) is 16.4 Å². The lowest BCUT2D eigenvalue weighted by Crippen LogP contribution is -2.06. The minimum Gasteiger partial charge on any atom is -0.378 e. The summed E-state index contributed by atoms with van der Waals surface area (Å²) in [7, 11) is 0. The third-order valence-electron chi connectivity index (χ3n) is 3.11. The topological polar surface area (TPSA) is 55.6 Å². The minimum atomic E-state index is 0.242. The Morgan fingerprint density at radius 2 is 2.19 bits per heavy atom. The number of aromatic nitrogens is 4. The van der Waals surface area contributed by atoms with E-state index in [0.717, 1.165) is 21.7 Å². The molecular formula is C14H14BrN5S. The molecule has 3 rings (SSSR count). The van der Waals surface area contributed by atoms with E-state index in [1.54, 1.807) is 16.0 Å². The van der Waals surface area contributed by atoms with Gasteiger partial charge in [-0.1, -0.05) is 6.07 Å². The van der Waals surface area contributed by atoms with E-state index in [2.05, 4.69) is 55.1 Å². The fourth-order valence-corrected chi connectivity index (χ4v) is 3.53. The average Bonchev–Trinajstić information content (AvgIpc) is 3.08. The van der Waals surface area contributed by atoms with E-state index < -0.39 is 0 Å². The first-order valence-corrected chi connectivity index (χ1v) is 8.16. The summed E-state index contributed by atoms with van der Waals surface area (Å²) in [4.78, 5) is 1.28. The second-order valence-corrected chi connectivity index (χ2v) is 6.58. The molecule has 2 heterocycles. The molecule has 0 fully saturated rings. The van der Waals surface area contributed by atoms with Crippen LogP contribution in [0.15, 0.2) is 40.2 Å². The van der Waals surface area contributed by atoms with E-state index in [1.807, 2.05) is 31.2 Å². The summed E-state index contributed by atoms with van der Waals surface area (Å²) in [5.74, 6) is 0.766. The molecule has 0 aliphatic heterocycles. The first kappa shape index (κ1) is 14.2. The highest BCUT2D eigenvalue weighted by Gasteiger charge is 2.09. The van der Waals surface area contributed by atoms with Crippen LogP contribution >= 0.6 is 27.3 Å². The highest BCUT2D eigenvalue weighted by molar-refractivity contribution is 9.10. The summed E-state index contributed by atoms with van der Waals surface area (Å²) in [6.07, 6.45) is 0. The molecule has 21 heavy (non-hydrogen) atoms. The van der Waals surface area contributed by atoms with Crippen LogP contribution in [-0.2, 0) is 0 Å². The number of benzene rings is 1. The Bertz CT molecular complexity index is 751. The van der Waals surface area contributed by atoms with Gasteiger partial charge in [0.1, 0.15) is 0 Å². The van der Waals surface area contributed by atoms with Gasteiger partial charge in [0.25, 0.3) is 0 Å². The lowest BCUT2D eigenvalue weighted by molar-refractivity contribution is 0.779. The van der Waals surface area contributed by atoms with Crippen molar-refractivity contribution in [1.29, 1.82) is 0 Å². The number of anilines is 1. The maximum atomic E-state index is 3.99. The van der Waals surface area contributed by atoms with Gasteiger partial charge in [-0.25, -0.2) is 0 Å². The van der Waals surface area contributed by atoms with Gasteiger partial charge in [-0.2, -0.15) is 4.68 Å². The van der Waals surface area contributed by atoms with Gasteiger partial charge >= 0.3 is 0 Å². The van der Waals surface area contributed by atoms with Crippen LogP contribution in [0, 0.1) is 6.92 Å². The molecule has 0 aliphatic carbocycles. The predicted molar refractivity (Wildman–Crippen MR) is 87.9 cm³/mol. The maximum absolute atomic E-state index is 3.99. The average molecular weight is 364 g/mol. The molecule has 0 radical (unpaired) electrons.